The first-order valence-electron chi connectivity index (χ1n) is 5.62. The quantitative estimate of drug-likeness (QED) is 0.515. The van der Waals surface area contributed by atoms with E-state index in [-0.39, 0.29) is 0 Å². The highest BCUT2D eigenvalue weighted by atomic mass is 14.7. The van der Waals surface area contributed by atoms with Gasteiger partial charge in [-0.05, 0) is 54.3 Å². The van der Waals surface area contributed by atoms with Crippen molar-refractivity contribution in [2.45, 2.75) is 40.0 Å². The second-order valence-corrected chi connectivity index (χ2v) is 6.10. The average molecular weight is 164 g/mol. The molecule has 0 bridgehead atoms. The molecule has 0 aromatic rings. The molecular weight excluding hydrogens is 144 g/mol. The maximum atomic E-state index is 2.52. The Labute approximate surface area is 75.7 Å². The number of hydrogen-bond donors (Lipinski definition) is 0. The highest BCUT2D eigenvalue weighted by Crippen LogP contribution is 2.73. The third kappa shape index (κ3) is 0.701. The zero-order valence-corrected chi connectivity index (χ0v) is 8.51. The molecule has 3 rings (SSSR count). The van der Waals surface area contributed by atoms with Crippen LogP contribution in [0.5, 0.6) is 0 Å². The lowest BCUT2D eigenvalue weighted by Crippen LogP contribution is -2.12. The second-order valence-electron chi connectivity index (χ2n) is 6.10. The van der Waals surface area contributed by atoms with E-state index in [0.29, 0.717) is 0 Å². The van der Waals surface area contributed by atoms with Crippen LogP contribution in [0, 0.1) is 35.0 Å². The van der Waals surface area contributed by atoms with Gasteiger partial charge in [-0.1, -0.05) is 20.8 Å². The molecule has 6 unspecified atom stereocenters. The van der Waals surface area contributed by atoms with E-state index in [1.807, 2.05) is 0 Å². The molecule has 0 heteroatoms. The maximum Gasteiger partial charge on any atom is -0.0289 e. The predicted molar refractivity (Wildman–Crippen MR) is 50.8 cm³/mol. The largest absolute Gasteiger partial charge is 0.0622 e. The van der Waals surface area contributed by atoms with Crippen LogP contribution in [0.15, 0.2) is 0 Å². The Morgan fingerprint density at radius 2 is 1.83 bits per heavy atom. The normalized spacial score (nSPS) is 67.8. The first kappa shape index (κ1) is 7.41. The van der Waals surface area contributed by atoms with Gasteiger partial charge in [0.2, 0.25) is 0 Å². The molecule has 0 amide bonds. The van der Waals surface area contributed by atoms with Crippen molar-refractivity contribution in [3.8, 4) is 0 Å². The van der Waals surface area contributed by atoms with Gasteiger partial charge >= 0.3 is 0 Å². The van der Waals surface area contributed by atoms with Gasteiger partial charge in [0.25, 0.3) is 0 Å². The molecule has 0 heterocycles. The molecule has 3 aliphatic rings. The lowest BCUT2D eigenvalue weighted by Gasteiger charge is -2.18. The Bertz CT molecular complexity index is 220. The molecule has 12 heavy (non-hydrogen) atoms. The minimum Gasteiger partial charge on any atom is -0.0622 e. The van der Waals surface area contributed by atoms with E-state index in [9.17, 15) is 0 Å². The fourth-order valence-electron chi connectivity index (χ4n) is 4.57. The molecule has 6 atom stereocenters. The van der Waals surface area contributed by atoms with Crippen LogP contribution < -0.4 is 0 Å². The summed E-state index contributed by atoms with van der Waals surface area (Å²) < 4.78 is 0. The second kappa shape index (κ2) is 1.91. The minimum absolute atomic E-state index is 0.818. The summed E-state index contributed by atoms with van der Waals surface area (Å²) in [6, 6.07) is 0. The van der Waals surface area contributed by atoms with Crippen molar-refractivity contribution in [1.29, 1.82) is 0 Å². The topological polar surface area (TPSA) is 0 Å². The van der Waals surface area contributed by atoms with Crippen LogP contribution in [0.3, 0.4) is 0 Å². The van der Waals surface area contributed by atoms with Gasteiger partial charge in [-0.15, -0.1) is 0 Å². The lowest BCUT2D eigenvalue weighted by atomic mass is 9.87. The fourth-order valence-corrected chi connectivity index (χ4v) is 4.57. The van der Waals surface area contributed by atoms with Gasteiger partial charge in [-0.25, -0.2) is 0 Å². The van der Waals surface area contributed by atoms with Gasteiger partial charge < -0.3 is 0 Å². The molecular formula is C12H20. The van der Waals surface area contributed by atoms with E-state index in [1.165, 1.54) is 6.42 Å². The van der Waals surface area contributed by atoms with Crippen molar-refractivity contribution in [1.82, 2.24) is 0 Å². The first-order chi connectivity index (χ1) is 5.62. The molecule has 0 aliphatic heterocycles. The molecule has 0 N–H and O–H groups in total. The summed E-state index contributed by atoms with van der Waals surface area (Å²) in [5.74, 6) is 5.46. The summed E-state index contributed by atoms with van der Waals surface area (Å²) in [5.41, 5.74) is 0.818. The monoisotopic (exact) mass is 164 g/mol. The van der Waals surface area contributed by atoms with Gasteiger partial charge in [0.15, 0.2) is 0 Å². The lowest BCUT2D eigenvalue weighted by molar-refractivity contribution is 0.300. The van der Waals surface area contributed by atoms with Gasteiger partial charge in [-0.2, -0.15) is 0 Å². The summed E-state index contributed by atoms with van der Waals surface area (Å²) >= 11 is 0. The van der Waals surface area contributed by atoms with Gasteiger partial charge in [-0.3, -0.25) is 0 Å². The predicted octanol–water partition coefficient (Wildman–Crippen LogP) is 3.32. The molecule has 3 fully saturated rings. The third-order valence-corrected chi connectivity index (χ3v) is 5.21. The maximum absolute atomic E-state index is 2.52. The van der Waals surface area contributed by atoms with Crippen LogP contribution in [-0.2, 0) is 0 Å². The van der Waals surface area contributed by atoms with E-state index in [2.05, 4.69) is 20.8 Å². The van der Waals surface area contributed by atoms with Crippen molar-refractivity contribution in [2.24, 2.45) is 35.0 Å². The van der Waals surface area contributed by atoms with Gasteiger partial charge in [0.1, 0.15) is 0 Å². The minimum atomic E-state index is 0.818. The molecule has 3 saturated carbocycles. The van der Waals surface area contributed by atoms with Crippen LogP contribution in [0.4, 0.5) is 0 Å². The van der Waals surface area contributed by atoms with E-state index in [0.717, 1.165) is 35.0 Å². The van der Waals surface area contributed by atoms with Crippen LogP contribution in [-0.4, -0.2) is 0 Å². The van der Waals surface area contributed by atoms with Crippen LogP contribution in [0.2, 0.25) is 0 Å². The SMILES string of the molecule is CC1CC(C)C2C1CC1(C)CC21. The van der Waals surface area contributed by atoms with Crippen molar-refractivity contribution in [3.63, 3.8) is 0 Å². The molecule has 0 saturated heterocycles. The Hall–Kier alpha value is 0. The summed E-state index contributed by atoms with van der Waals surface area (Å²) in [6.07, 6.45) is 4.64. The molecule has 3 aliphatic carbocycles. The molecule has 0 nitrogen and oxygen atoms in total. The zero-order chi connectivity index (χ0) is 8.51. The first-order valence-corrected chi connectivity index (χ1v) is 5.62. The highest BCUT2D eigenvalue weighted by Gasteiger charge is 2.65. The Morgan fingerprint density at radius 3 is 2.50 bits per heavy atom. The zero-order valence-electron chi connectivity index (χ0n) is 8.51. The summed E-state index contributed by atoms with van der Waals surface area (Å²) in [7, 11) is 0. The molecule has 0 aromatic heterocycles. The number of hydrogen-bond acceptors (Lipinski definition) is 0. The molecule has 0 spiro atoms. The molecule has 0 radical (unpaired) electrons. The molecule has 0 aromatic carbocycles. The number of rotatable bonds is 0. The standard InChI is InChI=1S/C12H20/c1-7-4-8(2)11-9(7)5-12(3)6-10(11)12/h7-11H,4-6H2,1-3H3. The van der Waals surface area contributed by atoms with Gasteiger partial charge in [0.05, 0.1) is 0 Å². The van der Waals surface area contributed by atoms with Crippen molar-refractivity contribution in [2.75, 3.05) is 0 Å². The Kier molecular flexibility index (Phi) is 1.18. The smallest absolute Gasteiger partial charge is 0.0289 e. The van der Waals surface area contributed by atoms with Crippen LogP contribution in [0.1, 0.15) is 40.0 Å². The number of fused-ring (bicyclic) bond motifs is 3. The Balaban J connectivity index is 1.90. The fraction of sp³-hybridized carbons (Fsp3) is 1.00. The summed E-state index contributed by atoms with van der Waals surface area (Å²) in [6.45, 7) is 7.50. The Morgan fingerprint density at radius 1 is 1.08 bits per heavy atom. The van der Waals surface area contributed by atoms with Gasteiger partial charge in [0, 0.05) is 0 Å². The highest BCUT2D eigenvalue weighted by molar-refractivity contribution is 5.14. The van der Waals surface area contributed by atoms with E-state index < -0.39 is 0 Å². The van der Waals surface area contributed by atoms with Crippen molar-refractivity contribution in [3.05, 3.63) is 0 Å². The van der Waals surface area contributed by atoms with E-state index >= 15 is 0 Å². The van der Waals surface area contributed by atoms with E-state index in [1.54, 1.807) is 12.8 Å². The summed E-state index contributed by atoms with van der Waals surface area (Å²) in [4.78, 5) is 0. The third-order valence-electron chi connectivity index (χ3n) is 5.21. The van der Waals surface area contributed by atoms with Crippen molar-refractivity contribution >= 4 is 0 Å². The van der Waals surface area contributed by atoms with Crippen LogP contribution in [0.25, 0.3) is 0 Å². The van der Waals surface area contributed by atoms with Crippen LogP contribution >= 0.6 is 0 Å². The summed E-state index contributed by atoms with van der Waals surface area (Å²) in [5, 5.41) is 0. The van der Waals surface area contributed by atoms with Crippen molar-refractivity contribution < 1.29 is 0 Å². The average Bonchev–Trinajstić information content (AvgIpc) is 2.41. The molecule has 68 valence electrons. The van der Waals surface area contributed by atoms with E-state index in [4.69, 9.17) is 0 Å².